The van der Waals surface area contributed by atoms with Crippen LogP contribution in [0.1, 0.15) is 31.2 Å². The summed E-state index contributed by atoms with van der Waals surface area (Å²) in [4.78, 5) is 23.6. The average molecular weight is 325 g/mol. The fourth-order valence-corrected chi connectivity index (χ4v) is 2.68. The summed E-state index contributed by atoms with van der Waals surface area (Å²) in [6.45, 7) is 6.18. The van der Waals surface area contributed by atoms with Crippen LogP contribution in [0, 0.1) is 6.92 Å². The van der Waals surface area contributed by atoms with E-state index in [1.165, 1.54) is 18.0 Å². The number of carbonyl (C=O) groups excluding carboxylic acids is 1. The maximum absolute atomic E-state index is 11.8. The van der Waals surface area contributed by atoms with Crippen molar-refractivity contribution < 1.29 is 4.79 Å². The zero-order chi connectivity index (χ0) is 15.4. The van der Waals surface area contributed by atoms with Gasteiger partial charge in [0, 0.05) is 11.9 Å². The van der Waals surface area contributed by atoms with Gasteiger partial charge in [0.2, 0.25) is 5.91 Å². The molecule has 0 fully saturated rings. The molecule has 0 radical (unpaired) electrons. The highest BCUT2D eigenvalue weighted by Gasteiger charge is 2.12. The zero-order valence-corrected chi connectivity index (χ0v) is 13.7. The van der Waals surface area contributed by atoms with Gasteiger partial charge in [-0.3, -0.25) is 4.79 Å². The van der Waals surface area contributed by atoms with Gasteiger partial charge < -0.3 is 10.3 Å². The Hall–Kier alpha value is -1.53. The molecule has 0 aliphatic heterocycles. The third kappa shape index (κ3) is 4.47. The molecule has 0 bridgehead atoms. The number of thioether (sulfide) groups is 1. The molecule has 2 aromatic rings. The van der Waals surface area contributed by atoms with Crippen LogP contribution in [0.2, 0.25) is 5.02 Å². The number of aryl methyl sites for hydroxylation is 1. The number of anilines is 1. The van der Waals surface area contributed by atoms with Gasteiger partial charge in [0.05, 0.1) is 16.5 Å². The first-order chi connectivity index (χ1) is 9.95. The van der Waals surface area contributed by atoms with Crippen LogP contribution >= 0.6 is 23.4 Å². The summed E-state index contributed by atoms with van der Waals surface area (Å²) in [6, 6.07) is 3.35. The normalized spacial score (nSPS) is 10.9. The molecule has 0 atom stereocenters. The lowest BCUT2D eigenvalue weighted by Crippen LogP contribution is -2.14. The van der Waals surface area contributed by atoms with Crippen LogP contribution in [-0.2, 0) is 4.79 Å². The number of nitrogens with zero attached hydrogens (tertiary/aromatic N) is 2. The molecule has 112 valence electrons. The molecule has 2 N–H and O–H groups in total. The lowest BCUT2D eigenvalue weighted by molar-refractivity contribution is -0.113. The molecule has 2 heterocycles. The van der Waals surface area contributed by atoms with E-state index in [0.29, 0.717) is 16.8 Å². The van der Waals surface area contributed by atoms with Crippen molar-refractivity contribution >= 4 is 35.1 Å². The van der Waals surface area contributed by atoms with E-state index < -0.39 is 0 Å². The quantitative estimate of drug-likeness (QED) is 0.824. The standard InChI is InChI=1S/C14H17ClN4OS/c1-8(2)13-9(3)17-14(19-13)21-7-12(20)18-11-5-4-10(15)6-16-11/h4-6,8H,7H2,1-3H3,(H,17,19)(H,16,18,20). The molecule has 1 amide bonds. The van der Waals surface area contributed by atoms with Gasteiger partial charge in [-0.2, -0.15) is 0 Å². The molecule has 0 saturated heterocycles. The van der Waals surface area contributed by atoms with E-state index in [9.17, 15) is 4.79 Å². The first-order valence-corrected chi connectivity index (χ1v) is 7.92. The van der Waals surface area contributed by atoms with Crippen molar-refractivity contribution in [2.75, 3.05) is 11.1 Å². The Morgan fingerprint density at radius 1 is 1.48 bits per heavy atom. The number of amides is 1. The monoisotopic (exact) mass is 324 g/mol. The van der Waals surface area contributed by atoms with Crippen LogP contribution in [0.25, 0.3) is 0 Å². The van der Waals surface area contributed by atoms with Gasteiger partial charge in [0.1, 0.15) is 5.82 Å². The van der Waals surface area contributed by atoms with Gasteiger partial charge in [-0.05, 0) is 25.0 Å². The van der Waals surface area contributed by atoms with E-state index in [1.807, 2.05) is 6.92 Å². The smallest absolute Gasteiger partial charge is 0.236 e. The van der Waals surface area contributed by atoms with E-state index in [-0.39, 0.29) is 11.7 Å². The lowest BCUT2D eigenvalue weighted by atomic mass is 10.1. The first kappa shape index (κ1) is 15.9. The SMILES string of the molecule is Cc1[nH]c(SCC(=O)Nc2ccc(Cl)cn2)nc1C(C)C. The Kier molecular flexibility index (Phi) is 5.25. The van der Waals surface area contributed by atoms with E-state index in [1.54, 1.807) is 12.1 Å². The summed E-state index contributed by atoms with van der Waals surface area (Å²) >= 11 is 7.11. The maximum atomic E-state index is 11.8. The molecule has 7 heteroatoms. The third-order valence-electron chi connectivity index (χ3n) is 2.78. The Balaban J connectivity index is 1.89. The van der Waals surface area contributed by atoms with Crippen molar-refractivity contribution in [2.45, 2.75) is 31.8 Å². The van der Waals surface area contributed by atoms with Gasteiger partial charge in [-0.1, -0.05) is 37.2 Å². The summed E-state index contributed by atoms with van der Waals surface area (Å²) < 4.78 is 0. The van der Waals surface area contributed by atoms with E-state index in [2.05, 4.69) is 34.1 Å². The second kappa shape index (κ2) is 6.95. The number of imidazole rings is 1. The zero-order valence-electron chi connectivity index (χ0n) is 12.1. The topological polar surface area (TPSA) is 70.7 Å². The van der Waals surface area contributed by atoms with E-state index in [4.69, 9.17) is 11.6 Å². The second-order valence-corrected chi connectivity index (χ2v) is 6.31. The van der Waals surface area contributed by atoms with Crippen molar-refractivity contribution in [1.82, 2.24) is 15.0 Å². The van der Waals surface area contributed by atoms with Crippen molar-refractivity contribution in [1.29, 1.82) is 0 Å². The fourth-order valence-electron chi connectivity index (χ4n) is 1.84. The highest BCUT2D eigenvalue weighted by Crippen LogP contribution is 2.22. The molecule has 0 unspecified atom stereocenters. The number of halogens is 1. The molecule has 5 nitrogen and oxygen atoms in total. The number of H-pyrrole nitrogens is 1. The van der Waals surface area contributed by atoms with Crippen molar-refractivity contribution in [3.8, 4) is 0 Å². The molecule has 2 aromatic heterocycles. The summed E-state index contributed by atoms with van der Waals surface area (Å²) in [5.74, 6) is 0.996. The van der Waals surface area contributed by atoms with Gasteiger partial charge in [-0.15, -0.1) is 0 Å². The number of aromatic amines is 1. The number of aromatic nitrogens is 3. The van der Waals surface area contributed by atoms with Gasteiger partial charge in [-0.25, -0.2) is 9.97 Å². The van der Waals surface area contributed by atoms with Crippen LogP contribution < -0.4 is 5.32 Å². The number of hydrogen-bond donors (Lipinski definition) is 2. The number of nitrogens with one attached hydrogen (secondary N) is 2. The molecule has 21 heavy (non-hydrogen) atoms. The van der Waals surface area contributed by atoms with Crippen LogP contribution in [-0.4, -0.2) is 26.6 Å². The Morgan fingerprint density at radius 3 is 2.81 bits per heavy atom. The Labute approximate surface area is 132 Å². The van der Waals surface area contributed by atoms with E-state index in [0.717, 1.165) is 16.5 Å². The molecule has 0 saturated carbocycles. The molecule has 0 aromatic carbocycles. The molecular weight excluding hydrogens is 308 g/mol. The highest BCUT2D eigenvalue weighted by molar-refractivity contribution is 7.99. The summed E-state index contributed by atoms with van der Waals surface area (Å²) in [7, 11) is 0. The minimum Gasteiger partial charge on any atom is -0.337 e. The summed E-state index contributed by atoms with van der Waals surface area (Å²) in [6.07, 6.45) is 1.50. The fraction of sp³-hybridized carbons (Fsp3) is 0.357. The molecule has 0 aliphatic carbocycles. The van der Waals surface area contributed by atoms with Crippen LogP contribution in [0.5, 0.6) is 0 Å². The van der Waals surface area contributed by atoms with Crippen molar-refractivity contribution in [3.63, 3.8) is 0 Å². The summed E-state index contributed by atoms with van der Waals surface area (Å²) in [5, 5.41) is 4.01. The van der Waals surface area contributed by atoms with Crippen LogP contribution in [0.15, 0.2) is 23.5 Å². The molecule has 0 spiro atoms. The minimum atomic E-state index is -0.130. The Bertz CT molecular complexity index is 624. The van der Waals surface area contributed by atoms with Crippen molar-refractivity contribution in [3.05, 3.63) is 34.7 Å². The average Bonchev–Trinajstić information content (AvgIpc) is 2.81. The predicted molar refractivity (Wildman–Crippen MR) is 86.0 cm³/mol. The van der Waals surface area contributed by atoms with E-state index >= 15 is 0 Å². The van der Waals surface area contributed by atoms with Gasteiger partial charge >= 0.3 is 0 Å². The number of rotatable bonds is 5. The second-order valence-electron chi connectivity index (χ2n) is 4.91. The first-order valence-electron chi connectivity index (χ1n) is 6.56. The van der Waals surface area contributed by atoms with Crippen LogP contribution in [0.3, 0.4) is 0 Å². The largest absolute Gasteiger partial charge is 0.337 e. The molecule has 0 aliphatic rings. The predicted octanol–water partition coefficient (Wildman–Crippen LogP) is 3.62. The minimum absolute atomic E-state index is 0.130. The maximum Gasteiger partial charge on any atom is 0.236 e. The molecule has 2 rings (SSSR count). The third-order valence-corrected chi connectivity index (χ3v) is 3.88. The molecular formula is C14H17ClN4OS. The number of carbonyl (C=O) groups is 1. The van der Waals surface area contributed by atoms with Gasteiger partial charge in [0.25, 0.3) is 0 Å². The van der Waals surface area contributed by atoms with Crippen LogP contribution in [0.4, 0.5) is 5.82 Å². The number of pyridine rings is 1. The number of hydrogen-bond acceptors (Lipinski definition) is 4. The Morgan fingerprint density at radius 2 is 2.24 bits per heavy atom. The van der Waals surface area contributed by atoms with Crippen molar-refractivity contribution in [2.24, 2.45) is 0 Å². The highest BCUT2D eigenvalue weighted by atomic mass is 35.5. The summed E-state index contributed by atoms with van der Waals surface area (Å²) in [5.41, 5.74) is 2.09. The lowest BCUT2D eigenvalue weighted by Gasteiger charge is -2.03. The van der Waals surface area contributed by atoms with Gasteiger partial charge in [0.15, 0.2) is 5.16 Å².